The molecule has 2 heterocycles. The van der Waals surface area contributed by atoms with Gasteiger partial charge in [0.2, 0.25) is 5.91 Å². The number of halogens is 4. The maximum absolute atomic E-state index is 14.0. The normalized spacial score (nSPS) is 14.2. The van der Waals surface area contributed by atoms with Crippen molar-refractivity contribution in [1.29, 1.82) is 0 Å². The molecule has 0 radical (unpaired) electrons. The molecule has 0 aliphatic carbocycles. The van der Waals surface area contributed by atoms with E-state index in [-0.39, 0.29) is 42.6 Å². The highest BCUT2D eigenvalue weighted by Crippen LogP contribution is 2.38. The molecule has 2 aromatic carbocycles. The van der Waals surface area contributed by atoms with Crippen LogP contribution < -0.4 is 20.9 Å². The van der Waals surface area contributed by atoms with E-state index in [4.69, 9.17) is 21.1 Å². The number of morpholine rings is 1. The van der Waals surface area contributed by atoms with Crippen LogP contribution in [-0.2, 0) is 31.8 Å². The lowest BCUT2D eigenvalue weighted by Crippen LogP contribution is -2.50. The first-order valence-corrected chi connectivity index (χ1v) is 13.6. The number of rotatable bonds is 9. The Morgan fingerprint density at radius 3 is 2.52 bits per heavy atom. The lowest BCUT2D eigenvalue weighted by Gasteiger charge is -2.29. The maximum Gasteiger partial charge on any atom is 0.418 e. The molecule has 1 aromatic heterocycles. The third kappa shape index (κ3) is 8.21. The summed E-state index contributed by atoms with van der Waals surface area (Å²) in [5.41, 5.74) is -1.10. The fourth-order valence-electron chi connectivity index (χ4n) is 3.91. The second-order valence-electron chi connectivity index (χ2n) is 8.89. The van der Waals surface area contributed by atoms with E-state index >= 15 is 0 Å². The van der Waals surface area contributed by atoms with E-state index in [9.17, 15) is 32.3 Å². The van der Waals surface area contributed by atoms with Crippen molar-refractivity contribution in [3.8, 4) is 0 Å². The minimum Gasteiger partial charge on any atom is -0.445 e. The Balaban J connectivity index is 1.50. The van der Waals surface area contributed by atoms with Crippen LogP contribution in [0.4, 0.5) is 29.3 Å². The Hall–Kier alpha value is -4.14. The molecule has 1 fully saturated rings. The number of alkyl halides is 3. The van der Waals surface area contributed by atoms with Crippen molar-refractivity contribution >= 4 is 58.1 Å². The highest BCUT2D eigenvalue weighted by Gasteiger charge is 2.37. The Kier molecular flexibility index (Phi) is 10.0. The van der Waals surface area contributed by atoms with Crippen LogP contribution in [0.25, 0.3) is 0 Å². The van der Waals surface area contributed by atoms with Gasteiger partial charge in [0.1, 0.15) is 19.3 Å². The monoisotopic (exact) mass is 624 g/mol. The largest absolute Gasteiger partial charge is 0.445 e. The number of thiophene rings is 1. The summed E-state index contributed by atoms with van der Waals surface area (Å²) in [6, 6.07) is 13.2. The maximum atomic E-state index is 14.0. The molecule has 3 N–H and O–H groups in total. The molecule has 0 unspecified atom stereocenters. The first-order chi connectivity index (χ1) is 20.0. The van der Waals surface area contributed by atoms with Gasteiger partial charge in [0, 0.05) is 18.8 Å². The van der Waals surface area contributed by atoms with Crippen molar-refractivity contribution in [3.05, 3.63) is 81.0 Å². The Morgan fingerprint density at radius 1 is 1.10 bits per heavy atom. The highest BCUT2D eigenvalue weighted by molar-refractivity contribution is 7.18. The summed E-state index contributed by atoms with van der Waals surface area (Å²) in [5, 5.41) is 7.17. The second-order valence-corrected chi connectivity index (χ2v) is 10.6. The van der Waals surface area contributed by atoms with Gasteiger partial charge in [0.15, 0.2) is 0 Å². The molecular formula is C27H24ClF3N4O6S. The van der Waals surface area contributed by atoms with E-state index in [0.717, 1.165) is 22.3 Å². The van der Waals surface area contributed by atoms with Gasteiger partial charge in [-0.1, -0.05) is 41.9 Å². The van der Waals surface area contributed by atoms with Crippen molar-refractivity contribution in [2.24, 2.45) is 0 Å². The lowest BCUT2D eigenvalue weighted by molar-refractivity contribution is -0.137. The molecule has 10 nitrogen and oxygen atoms in total. The highest BCUT2D eigenvalue weighted by atomic mass is 35.5. The summed E-state index contributed by atoms with van der Waals surface area (Å²) >= 11 is 6.86. The summed E-state index contributed by atoms with van der Waals surface area (Å²) in [6.45, 7) is -0.893. The van der Waals surface area contributed by atoms with Crippen LogP contribution in [0.3, 0.4) is 0 Å². The summed E-state index contributed by atoms with van der Waals surface area (Å²) in [7, 11) is 0. The number of ether oxygens (including phenoxy) is 2. The van der Waals surface area contributed by atoms with E-state index in [0.29, 0.717) is 16.0 Å². The van der Waals surface area contributed by atoms with Crippen LogP contribution >= 0.6 is 22.9 Å². The third-order valence-corrected chi connectivity index (χ3v) is 7.16. The predicted molar refractivity (Wildman–Crippen MR) is 148 cm³/mol. The fourth-order valence-corrected chi connectivity index (χ4v) is 4.87. The van der Waals surface area contributed by atoms with Crippen molar-refractivity contribution in [1.82, 2.24) is 10.6 Å². The smallest absolute Gasteiger partial charge is 0.418 e. The molecule has 1 aliphatic heterocycles. The van der Waals surface area contributed by atoms with E-state index < -0.39 is 48.1 Å². The molecule has 1 atom stereocenters. The van der Waals surface area contributed by atoms with Gasteiger partial charge >= 0.3 is 12.3 Å². The summed E-state index contributed by atoms with van der Waals surface area (Å²) in [6.07, 6.45) is -5.85. The number of benzene rings is 2. The minimum atomic E-state index is -4.86. The topological polar surface area (TPSA) is 126 Å². The predicted octanol–water partition coefficient (Wildman–Crippen LogP) is 4.45. The summed E-state index contributed by atoms with van der Waals surface area (Å²) < 4.78 is 52.4. The van der Waals surface area contributed by atoms with Gasteiger partial charge in [0.05, 0.1) is 27.1 Å². The van der Waals surface area contributed by atoms with Gasteiger partial charge in [0.25, 0.3) is 11.8 Å². The van der Waals surface area contributed by atoms with Gasteiger partial charge in [-0.15, -0.1) is 11.3 Å². The number of nitrogens with zero attached hydrogens (tertiary/aromatic N) is 1. The third-order valence-electron chi connectivity index (χ3n) is 5.93. The van der Waals surface area contributed by atoms with Gasteiger partial charge < -0.3 is 30.3 Å². The molecule has 0 spiro atoms. The number of carbonyl (C=O) groups is 4. The molecule has 3 aromatic rings. The molecule has 1 saturated heterocycles. The van der Waals surface area contributed by atoms with E-state index in [1.165, 1.54) is 18.2 Å². The number of anilines is 2. The molecular weight excluding hydrogens is 601 g/mol. The van der Waals surface area contributed by atoms with Crippen molar-refractivity contribution < 1.29 is 41.8 Å². The molecule has 222 valence electrons. The van der Waals surface area contributed by atoms with E-state index in [1.807, 2.05) is 0 Å². The van der Waals surface area contributed by atoms with Gasteiger partial charge in [-0.2, -0.15) is 13.2 Å². The molecule has 42 heavy (non-hydrogen) atoms. The number of nitrogens with one attached hydrogen (secondary N) is 3. The van der Waals surface area contributed by atoms with Crippen molar-refractivity contribution in [2.45, 2.75) is 18.8 Å². The fraction of sp³-hybridized carbons (Fsp3) is 0.259. The van der Waals surface area contributed by atoms with Gasteiger partial charge in [-0.3, -0.25) is 14.4 Å². The van der Waals surface area contributed by atoms with Crippen LogP contribution in [0.5, 0.6) is 0 Å². The number of carbonyl (C=O) groups excluding carboxylic acids is 4. The minimum absolute atomic E-state index is 0.0681. The molecule has 0 bridgehead atoms. The van der Waals surface area contributed by atoms with Crippen LogP contribution in [0.1, 0.15) is 20.8 Å². The Morgan fingerprint density at radius 2 is 1.86 bits per heavy atom. The number of alkyl carbamates (subject to hydrolysis) is 1. The van der Waals surface area contributed by atoms with Crippen LogP contribution in [0.2, 0.25) is 4.34 Å². The first-order valence-electron chi connectivity index (χ1n) is 12.4. The lowest BCUT2D eigenvalue weighted by atomic mass is 10.1. The zero-order valence-electron chi connectivity index (χ0n) is 21.7. The van der Waals surface area contributed by atoms with Gasteiger partial charge in [-0.05, 0) is 35.9 Å². The van der Waals surface area contributed by atoms with Gasteiger partial charge in [-0.25, -0.2) is 4.79 Å². The Bertz CT molecular complexity index is 1450. The Labute approximate surface area is 246 Å². The van der Waals surface area contributed by atoms with Crippen LogP contribution in [-0.4, -0.2) is 56.2 Å². The van der Waals surface area contributed by atoms with Crippen LogP contribution in [0.15, 0.2) is 60.7 Å². The number of hydrogen-bond acceptors (Lipinski definition) is 7. The van der Waals surface area contributed by atoms with E-state index in [2.05, 4.69) is 16.0 Å². The summed E-state index contributed by atoms with van der Waals surface area (Å²) in [4.78, 5) is 51.6. The standard InChI is InChI=1S/C27H24ClF3N4O6S/c28-22-9-8-21(42-22)25(38)32-13-19(34-26(39)41-14-16-4-2-1-3-5-16)24(37)33-17-6-7-20(18(12-17)27(29,30)31)35-10-11-40-15-23(35)36/h1-9,12,19H,10-11,13-15H2,(H,32,38)(H,33,37)(H,34,39)/t19-/m1/s1. The summed E-state index contributed by atoms with van der Waals surface area (Å²) in [5.74, 6) is -2.15. The quantitative estimate of drug-likeness (QED) is 0.323. The number of amides is 4. The molecule has 0 saturated carbocycles. The van der Waals surface area contributed by atoms with Crippen LogP contribution in [0, 0.1) is 0 Å². The molecule has 4 rings (SSSR count). The molecule has 4 amide bonds. The van der Waals surface area contributed by atoms with Crippen molar-refractivity contribution in [2.75, 3.05) is 36.5 Å². The number of hydrogen-bond donors (Lipinski definition) is 3. The average molecular weight is 625 g/mol. The zero-order valence-corrected chi connectivity index (χ0v) is 23.3. The van der Waals surface area contributed by atoms with Crippen molar-refractivity contribution in [3.63, 3.8) is 0 Å². The average Bonchev–Trinajstić information content (AvgIpc) is 3.40. The van der Waals surface area contributed by atoms with E-state index in [1.54, 1.807) is 30.3 Å². The first kappa shape index (κ1) is 30.8. The molecule has 1 aliphatic rings. The SMILES string of the molecule is O=C(N[C@H](CNC(=O)c1ccc(Cl)s1)C(=O)Nc1ccc(N2CCOCC2=O)c(C(F)(F)F)c1)OCc1ccccc1. The molecule has 15 heteroatoms. The zero-order chi connectivity index (χ0) is 30.3. The second kappa shape index (κ2) is 13.7.